The fraction of sp³-hybridized carbons (Fsp3) is 0. The summed E-state index contributed by atoms with van der Waals surface area (Å²) in [7, 11) is 2.13. The smallest absolute Gasteiger partial charge is 0.139 e. The summed E-state index contributed by atoms with van der Waals surface area (Å²) in [6.07, 6.45) is 0. The van der Waals surface area contributed by atoms with Crippen LogP contribution in [0.3, 0.4) is 0 Å². The summed E-state index contributed by atoms with van der Waals surface area (Å²) in [5, 5.41) is 2.59. The molecule has 5 rings (SSSR count). The Hall–Kier alpha value is -3.26. The number of fused-ring (bicyclic) bond motifs is 3. The lowest BCUT2D eigenvalue weighted by molar-refractivity contribution is 1.18. The van der Waals surface area contributed by atoms with Crippen molar-refractivity contribution in [2.45, 2.75) is 0 Å². The Morgan fingerprint density at radius 2 is 1.23 bits per heavy atom. The summed E-state index contributed by atoms with van der Waals surface area (Å²) >= 11 is 0. The molecule has 1 nitrogen and oxygen atoms in total. The van der Waals surface area contributed by atoms with Crippen LogP contribution < -0.4 is 5.46 Å². The van der Waals surface area contributed by atoms with Crippen LogP contribution in [-0.4, -0.2) is 12.4 Å². The zero-order valence-corrected chi connectivity index (χ0v) is 14.7. The Kier molecular flexibility index (Phi) is 3.43. The molecular weight excluding hydrogens is 313 g/mol. The van der Waals surface area contributed by atoms with Crippen LogP contribution in [-0.2, 0) is 0 Å². The van der Waals surface area contributed by atoms with Crippen LogP contribution in [0.15, 0.2) is 97.1 Å². The molecule has 0 radical (unpaired) electrons. The van der Waals surface area contributed by atoms with Crippen molar-refractivity contribution >= 4 is 35.1 Å². The van der Waals surface area contributed by atoms with Crippen LogP contribution in [0.25, 0.3) is 38.6 Å². The topological polar surface area (TPSA) is 4.93 Å². The summed E-state index contributed by atoms with van der Waals surface area (Å²) < 4.78 is 2.36. The zero-order chi connectivity index (χ0) is 17.5. The molecule has 1 aromatic heterocycles. The SMILES string of the molecule is Bc1ccc(-n2c3ccccc3c3cc(-c4ccccc4)ccc32)cc1. The highest BCUT2D eigenvalue weighted by atomic mass is 15.0. The highest BCUT2D eigenvalue weighted by Gasteiger charge is 2.12. The number of hydrogen-bond acceptors (Lipinski definition) is 0. The molecule has 26 heavy (non-hydrogen) atoms. The number of hydrogen-bond donors (Lipinski definition) is 0. The van der Waals surface area contributed by atoms with Crippen LogP contribution in [0.5, 0.6) is 0 Å². The van der Waals surface area contributed by atoms with Gasteiger partial charge in [0.25, 0.3) is 0 Å². The second kappa shape index (κ2) is 5.92. The Morgan fingerprint density at radius 1 is 0.538 bits per heavy atom. The molecule has 1 heterocycles. The molecule has 5 aromatic rings. The van der Waals surface area contributed by atoms with Crippen molar-refractivity contribution in [2.75, 3.05) is 0 Å². The first kappa shape index (κ1) is 15.0. The minimum atomic E-state index is 1.20. The molecule has 0 fully saturated rings. The number of benzene rings is 4. The second-order valence-electron chi connectivity index (χ2n) is 6.79. The molecule has 0 bridgehead atoms. The molecule has 0 N–H and O–H groups in total. The summed E-state index contributed by atoms with van der Waals surface area (Å²) in [4.78, 5) is 0. The second-order valence-corrected chi connectivity index (χ2v) is 6.79. The third kappa shape index (κ3) is 2.34. The first-order valence-electron chi connectivity index (χ1n) is 8.97. The molecule has 0 aliphatic rings. The van der Waals surface area contributed by atoms with Gasteiger partial charge in [0.2, 0.25) is 0 Å². The van der Waals surface area contributed by atoms with Gasteiger partial charge >= 0.3 is 0 Å². The molecule has 0 spiro atoms. The molecular formula is C24H18BN. The molecule has 4 aromatic carbocycles. The van der Waals surface area contributed by atoms with Gasteiger partial charge in [-0.3, -0.25) is 0 Å². The van der Waals surface area contributed by atoms with Crippen LogP contribution >= 0.6 is 0 Å². The van der Waals surface area contributed by atoms with E-state index in [1.807, 2.05) is 0 Å². The molecule has 0 unspecified atom stereocenters. The lowest BCUT2D eigenvalue weighted by atomic mass is 9.96. The van der Waals surface area contributed by atoms with Crippen LogP contribution in [0.1, 0.15) is 0 Å². The Bertz CT molecular complexity index is 1220. The van der Waals surface area contributed by atoms with E-state index in [1.54, 1.807) is 0 Å². The summed E-state index contributed by atoms with van der Waals surface area (Å²) in [5.41, 5.74) is 7.48. The fourth-order valence-electron chi connectivity index (χ4n) is 3.76. The minimum absolute atomic E-state index is 1.20. The van der Waals surface area contributed by atoms with E-state index in [4.69, 9.17) is 0 Å². The van der Waals surface area contributed by atoms with Crippen molar-refractivity contribution in [1.29, 1.82) is 0 Å². The minimum Gasteiger partial charge on any atom is -0.309 e. The van der Waals surface area contributed by atoms with Gasteiger partial charge in [-0.25, -0.2) is 0 Å². The first-order chi connectivity index (χ1) is 12.8. The first-order valence-corrected chi connectivity index (χ1v) is 8.97. The van der Waals surface area contributed by atoms with E-state index in [0.717, 1.165) is 0 Å². The van der Waals surface area contributed by atoms with E-state index in [-0.39, 0.29) is 0 Å². The molecule has 122 valence electrons. The van der Waals surface area contributed by atoms with Gasteiger partial charge in [-0.1, -0.05) is 72.2 Å². The third-order valence-corrected chi connectivity index (χ3v) is 5.07. The van der Waals surface area contributed by atoms with E-state index in [9.17, 15) is 0 Å². The molecule has 2 heteroatoms. The van der Waals surface area contributed by atoms with Crippen LogP contribution in [0.2, 0.25) is 0 Å². The third-order valence-electron chi connectivity index (χ3n) is 5.07. The summed E-state index contributed by atoms with van der Waals surface area (Å²) in [6.45, 7) is 0. The average molecular weight is 331 g/mol. The van der Waals surface area contributed by atoms with Crippen LogP contribution in [0.4, 0.5) is 0 Å². The standard InChI is InChI=1S/C24H18BN/c25-19-11-13-20(14-12-19)26-23-9-5-4-8-21(23)22-16-18(10-15-24(22)26)17-6-2-1-3-7-17/h1-16H,25H2. The van der Waals surface area contributed by atoms with Gasteiger partial charge in [0, 0.05) is 16.5 Å². The van der Waals surface area contributed by atoms with E-state index in [1.165, 1.54) is 44.1 Å². The van der Waals surface area contributed by atoms with Gasteiger partial charge in [-0.15, -0.1) is 0 Å². The van der Waals surface area contributed by atoms with Gasteiger partial charge < -0.3 is 4.57 Å². The molecule has 0 amide bonds. The van der Waals surface area contributed by atoms with Crippen molar-refractivity contribution in [1.82, 2.24) is 4.57 Å². The van der Waals surface area contributed by atoms with Crippen molar-refractivity contribution in [3.05, 3.63) is 97.1 Å². The lowest BCUT2D eigenvalue weighted by Crippen LogP contribution is -2.02. The number of aromatic nitrogens is 1. The monoisotopic (exact) mass is 331 g/mol. The molecule has 0 saturated carbocycles. The molecule has 0 saturated heterocycles. The maximum Gasteiger partial charge on any atom is 0.139 e. The maximum absolute atomic E-state index is 2.36. The van der Waals surface area contributed by atoms with Gasteiger partial charge in [-0.2, -0.15) is 0 Å². The quantitative estimate of drug-likeness (QED) is 0.413. The van der Waals surface area contributed by atoms with E-state index in [0.29, 0.717) is 0 Å². The highest BCUT2D eigenvalue weighted by Crippen LogP contribution is 2.34. The normalized spacial score (nSPS) is 11.2. The van der Waals surface area contributed by atoms with Crippen molar-refractivity contribution in [2.24, 2.45) is 0 Å². The number of nitrogens with zero attached hydrogens (tertiary/aromatic N) is 1. The highest BCUT2D eigenvalue weighted by molar-refractivity contribution is 6.32. The number of rotatable bonds is 2. The number of para-hydroxylation sites is 1. The Labute approximate surface area is 153 Å². The largest absolute Gasteiger partial charge is 0.309 e. The van der Waals surface area contributed by atoms with Gasteiger partial charge in [-0.05, 0) is 41.5 Å². The van der Waals surface area contributed by atoms with Gasteiger partial charge in [0.05, 0.1) is 11.0 Å². The van der Waals surface area contributed by atoms with E-state index < -0.39 is 0 Å². The lowest BCUT2D eigenvalue weighted by Gasteiger charge is -2.08. The summed E-state index contributed by atoms with van der Waals surface area (Å²) in [6, 6.07) is 34.8. The molecule has 0 aliphatic carbocycles. The van der Waals surface area contributed by atoms with Crippen LogP contribution in [0, 0.1) is 0 Å². The van der Waals surface area contributed by atoms with Crippen molar-refractivity contribution in [3.8, 4) is 16.8 Å². The van der Waals surface area contributed by atoms with Crippen molar-refractivity contribution in [3.63, 3.8) is 0 Å². The van der Waals surface area contributed by atoms with E-state index in [2.05, 4.69) is 109 Å². The zero-order valence-electron chi connectivity index (χ0n) is 14.7. The average Bonchev–Trinajstić information content (AvgIpc) is 3.03. The maximum atomic E-state index is 2.36. The van der Waals surface area contributed by atoms with Gasteiger partial charge in [0.15, 0.2) is 0 Å². The Balaban J connectivity index is 1.83. The van der Waals surface area contributed by atoms with Crippen molar-refractivity contribution < 1.29 is 0 Å². The fourth-order valence-corrected chi connectivity index (χ4v) is 3.76. The predicted molar refractivity (Wildman–Crippen MR) is 114 cm³/mol. The van der Waals surface area contributed by atoms with Gasteiger partial charge in [0.1, 0.15) is 7.85 Å². The Morgan fingerprint density at radius 3 is 2.04 bits per heavy atom. The van der Waals surface area contributed by atoms with E-state index >= 15 is 0 Å². The summed E-state index contributed by atoms with van der Waals surface area (Å²) in [5.74, 6) is 0. The molecule has 0 aliphatic heterocycles. The predicted octanol–water partition coefficient (Wildman–Crippen LogP) is 4.71. The molecule has 0 atom stereocenters.